The van der Waals surface area contributed by atoms with Crippen LogP contribution in [0.1, 0.15) is 42.1 Å². The van der Waals surface area contributed by atoms with Crippen molar-refractivity contribution in [3.05, 3.63) is 204 Å². The second kappa shape index (κ2) is 14.1. The zero-order chi connectivity index (χ0) is 37.7. The van der Waals surface area contributed by atoms with Gasteiger partial charge in [-0.15, -0.1) is 11.3 Å². The van der Waals surface area contributed by atoms with E-state index in [0.29, 0.717) is 5.92 Å². The van der Waals surface area contributed by atoms with Crippen molar-refractivity contribution >= 4 is 42.8 Å². The molecule has 1 unspecified atom stereocenters. The summed E-state index contributed by atoms with van der Waals surface area (Å²) >= 11 is 1.86. The van der Waals surface area contributed by atoms with Crippen LogP contribution in [0.2, 0.25) is 0 Å². The van der Waals surface area contributed by atoms with Crippen molar-refractivity contribution in [1.29, 1.82) is 0 Å². The minimum atomic E-state index is -0.0439. The number of aromatic nitrogens is 2. The number of nitrogens with one attached hydrogen (secondary N) is 1. The SMILES string of the molecule is C1=CCCC([C@H]2C=CC(c3cc(-c4cc(C5Nc6ccccc6-c6ccccc65)cc5c4sc4cc(-c6ccccc6)ccc45)nc(-c4ccccc4)n3)=CC2)=C1. The minimum absolute atomic E-state index is 0.0439. The zero-order valence-electron chi connectivity index (χ0n) is 31.4. The molecule has 3 nitrogen and oxygen atoms in total. The lowest BCUT2D eigenvalue weighted by molar-refractivity contribution is 0.713. The Labute approximate surface area is 337 Å². The average molecular weight is 750 g/mol. The van der Waals surface area contributed by atoms with Crippen LogP contribution in [-0.4, -0.2) is 9.97 Å². The quantitative estimate of drug-likeness (QED) is 0.184. The molecular weight excluding hydrogens is 711 g/mol. The number of rotatable bonds is 6. The van der Waals surface area contributed by atoms with Crippen molar-refractivity contribution in [3.8, 4) is 44.9 Å². The molecule has 6 aromatic carbocycles. The van der Waals surface area contributed by atoms with Gasteiger partial charge in [0.05, 0.1) is 17.4 Å². The van der Waals surface area contributed by atoms with Crippen molar-refractivity contribution in [3.63, 3.8) is 0 Å². The lowest BCUT2D eigenvalue weighted by atomic mass is 9.85. The molecule has 4 heteroatoms. The van der Waals surface area contributed by atoms with E-state index >= 15 is 0 Å². The standard InChI is InChI=1S/C53H39N3S/c1-4-14-34(15-5-1)36-24-26-37(27-25-36)48-33-49(56-53(55-48)38-18-8-3-9-19-38)46-31-40(51-44-22-11-10-20-41(44)42-21-12-13-23-47(42)54-51)30-45-43-29-28-39(32-50(43)57-52(45)46)35-16-6-2-7-17-35/h1-4,6-14,16-24,26-33,36,51,54H,5,15,25H2/t36-,51?/m0/s1. The van der Waals surface area contributed by atoms with Gasteiger partial charge >= 0.3 is 0 Å². The maximum absolute atomic E-state index is 5.42. The molecule has 3 aliphatic rings. The summed E-state index contributed by atoms with van der Waals surface area (Å²) in [5, 5.41) is 6.47. The van der Waals surface area contributed by atoms with Crippen LogP contribution in [0, 0.1) is 5.92 Å². The molecule has 0 radical (unpaired) electrons. The van der Waals surface area contributed by atoms with Crippen LogP contribution in [-0.2, 0) is 0 Å². The van der Waals surface area contributed by atoms with Gasteiger partial charge in [-0.2, -0.15) is 0 Å². The van der Waals surface area contributed by atoms with Crippen molar-refractivity contribution in [2.75, 3.05) is 5.32 Å². The highest BCUT2D eigenvalue weighted by Gasteiger charge is 2.27. The molecule has 0 spiro atoms. The van der Waals surface area contributed by atoms with E-state index in [2.05, 4.69) is 187 Å². The fraction of sp³-hybridized carbons (Fsp3) is 0.0943. The summed E-state index contributed by atoms with van der Waals surface area (Å²) in [5.41, 5.74) is 15.3. The summed E-state index contributed by atoms with van der Waals surface area (Å²) < 4.78 is 2.50. The van der Waals surface area contributed by atoms with E-state index in [-0.39, 0.29) is 6.04 Å². The Bertz CT molecular complexity index is 2970. The second-order valence-corrected chi connectivity index (χ2v) is 16.3. The Morgan fingerprint density at radius 1 is 0.632 bits per heavy atom. The van der Waals surface area contributed by atoms with Crippen molar-refractivity contribution < 1.29 is 0 Å². The van der Waals surface area contributed by atoms with Crippen LogP contribution < -0.4 is 5.32 Å². The topological polar surface area (TPSA) is 37.8 Å². The first kappa shape index (κ1) is 33.7. The summed E-state index contributed by atoms with van der Waals surface area (Å²) in [4.78, 5) is 10.7. The van der Waals surface area contributed by atoms with Gasteiger partial charge in [0.25, 0.3) is 0 Å². The van der Waals surface area contributed by atoms with Gasteiger partial charge in [0.15, 0.2) is 5.82 Å². The highest BCUT2D eigenvalue weighted by Crippen LogP contribution is 2.47. The van der Waals surface area contributed by atoms with E-state index in [0.717, 1.165) is 58.9 Å². The highest BCUT2D eigenvalue weighted by atomic mass is 32.1. The van der Waals surface area contributed by atoms with E-state index in [4.69, 9.17) is 9.97 Å². The van der Waals surface area contributed by atoms with Crippen molar-refractivity contribution in [2.24, 2.45) is 5.92 Å². The molecule has 0 amide bonds. The Hall–Kier alpha value is -6.62. The second-order valence-electron chi connectivity index (χ2n) is 15.2. The van der Waals surface area contributed by atoms with Gasteiger partial charge in [-0.25, -0.2) is 9.97 Å². The van der Waals surface area contributed by atoms with Crippen LogP contribution in [0.5, 0.6) is 0 Å². The van der Waals surface area contributed by atoms with Gasteiger partial charge < -0.3 is 5.32 Å². The summed E-state index contributed by atoms with van der Waals surface area (Å²) in [5.74, 6) is 1.17. The molecule has 0 bridgehead atoms. The van der Waals surface area contributed by atoms with E-state index in [9.17, 15) is 0 Å². The highest BCUT2D eigenvalue weighted by molar-refractivity contribution is 7.26. The van der Waals surface area contributed by atoms with Crippen LogP contribution in [0.4, 0.5) is 5.69 Å². The molecule has 1 aliphatic heterocycles. The first-order valence-electron chi connectivity index (χ1n) is 19.9. The number of fused-ring (bicyclic) bond motifs is 6. The van der Waals surface area contributed by atoms with Crippen LogP contribution in [0.25, 0.3) is 70.6 Å². The molecule has 0 saturated carbocycles. The smallest absolute Gasteiger partial charge is 0.160 e. The maximum Gasteiger partial charge on any atom is 0.160 e. The maximum atomic E-state index is 5.42. The van der Waals surface area contributed by atoms with Crippen molar-refractivity contribution in [1.82, 2.24) is 9.97 Å². The number of anilines is 1. The number of benzene rings is 6. The predicted molar refractivity (Wildman–Crippen MR) is 240 cm³/mol. The molecule has 2 aliphatic carbocycles. The molecule has 0 saturated heterocycles. The van der Waals surface area contributed by atoms with E-state index in [1.54, 1.807) is 0 Å². The Balaban J connectivity index is 1.12. The molecule has 8 aromatic rings. The molecule has 1 N–H and O–H groups in total. The van der Waals surface area contributed by atoms with Crippen LogP contribution in [0.15, 0.2) is 188 Å². The predicted octanol–water partition coefficient (Wildman–Crippen LogP) is 14.3. The molecule has 2 aromatic heterocycles. The van der Waals surface area contributed by atoms with Gasteiger partial charge in [0, 0.05) is 48.5 Å². The van der Waals surface area contributed by atoms with Crippen LogP contribution in [0.3, 0.4) is 0 Å². The Morgan fingerprint density at radius 3 is 2.21 bits per heavy atom. The van der Waals surface area contributed by atoms with Gasteiger partial charge in [0.2, 0.25) is 0 Å². The third-order valence-corrected chi connectivity index (χ3v) is 13.0. The van der Waals surface area contributed by atoms with Gasteiger partial charge in [-0.05, 0) is 83.0 Å². The summed E-state index contributed by atoms with van der Waals surface area (Å²) in [6.45, 7) is 0. The lowest BCUT2D eigenvalue weighted by Crippen LogP contribution is -2.18. The number of para-hydroxylation sites is 1. The van der Waals surface area contributed by atoms with E-state index in [1.165, 1.54) is 59.1 Å². The molecule has 272 valence electrons. The van der Waals surface area contributed by atoms with E-state index < -0.39 is 0 Å². The third kappa shape index (κ3) is 6.14. The average Bonchev–Trinajstić information content (AvgIpc) is 3.67. The minimum Gasteiger partial charge on any atom is -0.374 e. The first-order chi connectivity index (χ1) is 28.2. The zero-order valence-corrected chi connectivity index (χ0v) is 32.2. The molecule has 3 heterocycles. The fourth-order valence-corrected chi connectivity index (χ4v) is 10.1. The van der Waals surface area contributed by atoms with E-state index in [1.807, 2.05) is 11.3 Å². The molecule has 57 heavy (non-hydrogen) atoms. The van der Waals surface area contributed by atoms with Gasteiger partial charge in [-0.1, -0.05) is 157 Å². The molecule has 2 atom stereocenters. The normalized spacial score (nSPS) is 17.1. The lowest BCUT2D eigenvalue weighted by Gasteiger charge is -2.30. The van der Waals surface area contributed by atoms with Gasteiger partial charge in [0.1, 0.15) is 0 Å². The van der Waals surface area contributed by atoms with Crippen LogP contribution >= 0.6 is 11.3 Å². The number of thiophene rings is 1. The molecular formula is C53H39N3S. The Morgan fingerprint density at radius 2 is 1.40 bits per heavy atom. The Kier molecular flexibility index (Phi) is 8.36. The number of allylic oxidation sites excluding steroid dienone is 8. The van der Waals surface area contributed by atoms with Crippen molar-refractivity contribution in [2.45, 2.75) is 25.3 Å². The fourth-order valence-electron chi connectivity index (χ4n) is 8.87. The number of hydrogen-bond acceptors (Lipinski definition) is 4. The monoisotopic (exact) mass is 749 g/mol. The third-order valence-electron chi connectivity index (χ3n) is 11.8. The number of nitrogens with zero attached hydrogens (tertiary/aromatic N) is 2. The number of hydrogen-bond donors (Lipinski definition) is 1. The summed E-state index contributed by atoms with van der Waals surface area (Å²) in [6, 6.07) is 52.5. The van der Waals surface area contributed by atoms with Gasteiger partial charge in [-0.3, -0.25) is 0 Å². The largest absolute Gasteiger partial charge is 0.374 e. The summed E-state index contributed by atoms with van der Waals surface area (Å²) in [6.07, 6.45) is 17.0. The summed E-state index contributed by atoms with van der Waals surface area (Å²) in [7, 11) is 0. The molecule has 11 rings (SSSR count). The first-order valence-corrected chi connectivity index (χ1v) is 20.7. The molecule has 0 fully saturated rings.